The summed E-state index contributed by atoms with van der Waals surface area (Å²) in [4.78, 5) is 0. The second-order valence-corrected chi connectivity index (χ2v) is 14.9. The molecular weight excluding hydrogens is 455 g/mol. The number of rotatable bonds is 9. The van der Waals surface area contributed by atoms with E-state index in [4.69, 9.17) is 20.9 Å². The molecule has 2 nitrogen and oxygen atoms in total. The van der Waals surface area contributed by atoms with Crippen LogP contribution < -0.4 is 0 Å². The normalized spacial score (nSPS) is 15.8. The van der Waals surface area contributed by atoms with E-state index in [1.165, 1.54) is 0 Å². The van der Waals surface area contributed by atoms with Crippen LogP contribution in [0.25, 0.3) is 0 Å². The van der Waals surface area contributed by atoms with Crippen LogP contribution in [0.4, 0.5) is 0 Å². The molecule has 1 atom stereocenters. The van der Waals surface area contributed by atoms with Gasteiger partial charge in [-0.2, -0.15) is 0 Å². The van der Waals surface area contributed by atoms with Crippen molar-refractivity contribution in [2.45, 2.75) is 41.7 Å². The van der Waals surface area contributed by atoms with Crippen molar-refractivity contribution < 1.29 is 9.05 Å². The zero-order valence-corrected chi connectivity index (χ0v) is 16.7. The number of hydrogen-bond donors (Lipinski definition) is 0. The lowest BCUT2D eigenvalue weighted by Gasteiger charge is -2.24. The van der Waals surface area contributed by atoms with Crippen molar-refractivity contribution in [2.75, 3.05) is 19.4 Å². The van der Waals surface area contributed by atoms with Crippen LogP contribution in [0.5, 0.6) is 0 Å². The van der Waals surface area contributed by atoms with E-state index in [1.807, 2.05) is 0 Å². The van der Waals surface area contributed by atoms with Crippen LogP contribution in [0, 0.1) is 0 Å². The summed E-state index contributed by atoms with van der Waals surface area (Å²) in [5.74, 6) is 0. The summed E-state index contributed by atoms with van der Waals surface area (Å²) >= 11 is 15.8. The maximum absolute atomic E-state index is 5.81. The Morgan fingerprint density at radius 2 is 1.65 bits per heavy atom. The molecule has 0 saturated carbocycles. The first-order valence-electron chi connectivity index (χ1n) is 5.78. The van der Waals surface area contributed by atoms with E-state index in [1.54, 1.807) is 0 Å². The van der Waals surface area contributed by atoms with Gasteiger partial charge in [0.1, 0.15) is 0 Å². The Labute approximate surface area is 135 Å². The van der Waals surface area contributed by atoms with Crippen LogP contribution in [0.15, 0.2) is 0 Å². The van der Waals surface area contributed by atoms with Crippen molar-refractivity contribution in [2.24, 2.45) is 0 Å². The van der Waals surface area contributed by atoms with Gasteiger partial charge in [-0.25, -0.2) is 0 Å². The molecule has 0 fully saturated rings. The van der Waals surface area contributed by atoms with Crippen molar-refractivity contribution in [1.29, 1.82) is 0 Å². The average molecular weight is 475 g/mol. The fraction of sp³-hybridized carbons (Fsp3) is 1.00. The van der Waals surface area contributed by atoms with Crippen LogP contribution in [0.3, 0.4) is 0 Å². The standard InChI is InChI=1S/C10H20Br3O2PS/c1-3-5-7-14-16(17,8-6-4-2)15-9-10(11,12)13/h3-9H2,1-2H3. The molecule has 0 aliphatic heterocycles. The topological polar surface area (TPSA) is 18.5 Å². The van der Waals surface area contributed by atoms with Gasteiger partial charge in [-0.1, -0.05) is 74.5 Å². The van der Waals surface area contributed by atoms with Gasteiger partial charge in [-0.3, -0.25) is 0 Å². The van der Waals surface area contributed by atoms with Crippen molar-refractivity contribution in [3.63, 3.8) is 0 Å². The van der Waals surface area contributed by atoms with Crippen LogP contribution in [0.1, 0.15) is 39.5 Å². The molecule has 0 aromatic heterocycles. The molecule has 0 aliphatic carbocycles. The summed E-state index contributed by atoms with van der Waals surface area (Å²) in [5.41, 5.74) is 0. The lowest BCUT2D eigenvalue weighted by atomic mass is 10.4. The van der Waals surface area contributed by atoms with Gasteiger partial charge in [0.15, 0.2) is 8.63 Å². The van der Waals surface area contributed by atoms with E-state index in [-0.39, 0.29) is 0 Å². The first-order chi connectivity index (χ1) is 7.83. The van der Waals surface area contributed by atoms with Crippen molar-refractivity contribution in [3.8, 4) is 0 Å². The maximum Gasteiger partial charge on any atom is 0.188 e. The summed E-state index contributed by atoms with van der Waals surface area (Å²) in [6, 6.07) is 0. The minimum atomic E-state index is -2.12. The fourth-order valence-corrected chi connectivity index (χ4v) is 4.51. The number of halogens is 3. The number of unbranched alkanes of at least 4 members (excludes halogenated alkanes) is 2. The Morgan fingerprint density at radius 1 is 1.06 bits per heavy atom. The molecule has 7 heteroatoms. The smallest absolute Gasteiger partial charge is 0.188 e. The largest absolute Gasteiger partial charge is 0.329 e. The second kappa shape index (κ2) is 9.84. The summed E-state index contributed by atoms with van der Waals surface area (Å²) in [7, 11) is 0. The second-order valence-electron chi connectivity index (χ2n) is 3.76. The molecule has 0 heterocycles. The van der Waals surface area contributed by atoms with Crippen LogP contribution >= 0.6 is 54.3 Å². The molecule has 0 saturated heterocycles. The molecule has 0 radical (unpaired) electrons. The first kappa shape index (κ1) is 19.0. The molecule has 0 aliphatic rings. The van der Waals surface area contributed by atoms with Crippen LogP contribution in [0.2, 0.25) is 0 Å². The predicted octanol–water partition coefficient (Wildman–Crippen LogP) is 5.77. The van der Waals surface area contributed by atoms with E-state index < -0.39 is 8.63 Å². The molecule has 0 bridgehead atoms. The Bertz CT molecular complexity index is 246. The summed E-state index contributed by atoms with van der Waals surface area (Å²) in [6.07, 6.45) is 5.17. The minimum Gasteiger partial charge on any atom is -0.329 e. The van der Waals surface area contributed by atoms with Crippen LogP contribution in [-0.4, -0.2) is 21.5 Å². The molecule has 17 heavy (non-hydrogen) atoms. The number of alkyl halides is 3. The third kappa shape index (κ3) is 11.5. The third-order valence-corrected chi connectivity index (χ3v) is 5.83. The molecule has 0 N–H and O–H groups in total. The molecular formula is C10H20Br3O2PS. The van der Waals surface area contributed by atoms with Crippen molar-refractivity contribution in [1.82, 2.24) is 0 Å². The molecule has 1 unspecified atom stereocenters. The zero-order chi connectivity index (χ0) is 13.4. The van der Waals surface area contributed by atoms with Gasteiger partial charge < -0.3 is 9.05 Å². The van der Waals surface area contributed by atoms with Gasteiger partial charge in [0.25, 0.3) is 0 Å². The molecule has 0 aromatic rings. The van der Waals surface area contributed by atoms with E-state index >= 15 is 0 Å². The lowest BCUT2D eigenvalue weighted by molar-refractivity contribution is 0.250. The summed E-state index contributed by atoms with van der Waals surface area (Å²) in [6.45, 7) is 3.32. The summed E-state index contributed by atoms with van der Waals surface area (Å²) < 4.78 is 11.2. The van der Waals surface area contributed by atoms with Gasteiger partial charge in [0.2, 0.25) is 0 Å². The average Bonchev–Trinajstić information content (AvgIpc) is 2.24. The van der Waals surface area contributed by atoms with E-state index in [9.17, 15) is 0 Å². The predicted molar refractivity (Wildman–Crippen MR) is 90.4 cm³/mol. The van der Waals surface area contributed by atoms with Crippen molar-refractivity contribution >= 4 is 66.1 Å². The molecule has 0 spiro atoms. The highest BCUT2D eigenvalue weighted by Gasteiger charge is 2.25. The highest BCUT2D eigenvalue weighted by atomic mass is 80.0. The quantitative estimate of drug-likeness (QED) is 0.240. The molecule has 104 valence electrons. The minimum absolute atomic E-state index is 0.405. The zero-order valence-electron chi connectivity index (χ0n) is 10.3. The SMILES string of the molecule is CCCCOP(=S)(CCCC)OCC(Br)(Br)Br. The first-order valence-corrected chi connectivity index (χ1v) is 11.0. The molecule has 0 rings (SSSR count). The monoisotopic (exact) mass is 472 g/mol. The Kier molecular flexibility index (Phi) is 11.0. The van der Waals surface area contributed by atoms with Gasteiger partial charge >= 0.3 is 0 Å². The van der Waals surface area contributed by atoms with E-state index in [0.29, 0.717) is 13.2 Å². The Hall–Kier alpha value is 2.01. The van der Waals surface area contributed by atoms with E-state index in [0.717, 1.165) is 31.8 Å². The van der Waals surface area contributed by atoms with Crippen molar-refractivity contribution in [3.05, 3.63) is 0 Å². The van der Waals surface area contributed by atoms with Gasteiger partial charge in [-0.15, -0.1) is 0 Å². The third-order valence-electron chi connectivity index (χ3n) is 2.00. The fourth-order valence-electron chi connectivity index (χ4n) is 1.04. The highest BCUT2D eigenvalue weighted by molar-refractivity contribution is 9.39. The van der Waals surface area contributed by atoms with Gasteiger partial charge in [-0.05, 0) is 24.6 Å². The Balaban J connectivity index is 4.23. The molecule has 0 aromatic carbocycles. The molecule has 0 amide bonds. The highest BCUT2D eigenvalue weighted by Crippen LogP contribution is 2.51. The lowest BCUT2D eigenvalue weighted by Crippen LogP contribution is -2.12. The van der Waals surface area contributed by atoms with Crippen LogP contribution in [-0.2, 0) is 20.9 Å². The Morgan fingerprint density at radius 3 is 2.12 bits per heavy atom. The number of hydrogen-bond acceptors (Lipinski definition) is 3. The van der Waals surface area contributed by atoms with Gasteiger partial charge in [0.05, 0.1) is 13.2 Å². The maximum atomic E-state index is 5.81. The van der Waals surface area contributed by atoms with E-state index in [2.05, 4.69) is 61.6 Å². The van der Waals surface area contributed by atoms with Gasteiger partial charge in [0, 0.05) is 6.16 Å². The summed E-state index contributed by atoms with van der Waals surface area (Å²) in [5, 5.41) is 0.